The molecule has 0 unspecified atom stereocenters. The van der Waals surface area contributed by atoms with Crippen molar-refractivity contribution in [1.29, 1.82) is 0 Å². The van der Waals surface area contributed by atoms with Gasteiger partial charge in [0.05, 0.1) is 14.2 Å². The molecule has 0 heterocycles. The van der Waals surface area contributed by atoms with Gasteiger partial charge in [-0.05, 0) is 18.1 Å². The van der Waals surface area contributed by atoms with Crippen LogP contribution in [-0.2, 0) is 24.3 Å². The lowest BCUT2D eigenvalue weighted by molar-refractivity contribution is -0.147. The molecule has 0 aliphatic carbocycles. The first-order chi connectivity index (χ1) is 12.2. The van der Waals surface area contributed by atoms with Crippen molar-refractivity contribution in [3.8, 4) is 11.5 Å². The summed E-state index contributed by atoms with van der Waals surface area (Å²) in [7, 11) is -1.33. The molecule has 2 N–H and O–H groups in total. The van der Waals surface area contributed by atoms with Gasteiger partial charge in [0, 0.05) is 12.6 Å². The maximum Gasteiger partial charge on any atom is 0.321 e. The third kappa shape index (κ3) is 6.89. The van der Waals surface area contributed by atoms with E-state index in [9.17, 15) is 18.0 Å². The zero-order valence-corrected chi connectivity index (χ0v) is 16.0. The Morgan fingerprint density at radius 1 is 1.15 bits per heavy atom. The van der Waals surface area contributed by atoms with Crippen molar-refractivity contribution in [2.75, 3.05) is 33.9 Å². The lowest BCUT2D eigenvalue weighted by Gasteiger charge is -2.12. The van der Waals surface area contributed by atoms with Gasteiger partial charge in [-0.2, -0.15) is 4.72 Å². The number of sulfonamides is 1. The second kappa shape index (κ2) is 9.97. The average Bonchev–Trinajstić information content (AvgIpc) is 2.62. The molecule has 0 atom stereocenters. The molecule has 10 heteroatoms. The molecule has 0 spiro atoms. The van der Waals surface area contributed by atoms with E-state index in [1.807, 2.05) is 13.8 Å². The van der Waals surface area contributed by atoms with E-state index in [2.05, 4.69) is 10.0 Å². The Bertz CT molecular complexity index is 732. The predicted octanol–water partition coefficient (Wildman–Crippen LogP) is 0.298. The number of hydrogen-bond acceptors (Lipinski definition) is 7. The minimum Gasteiger partial charge on any atom is -0.497 e. The first kappa shape index (κ1) is 21.7. The number of ether oxygens (including phenoxy) is 3. The minimum absolute atomic E-state index is 0.0970. The number of methoxy groups -OCH3 is 2. The minimum atomic E-state index is -4.05. The molecule has 146 valence electrons. The van der Waals surface area contributed by atoms with Crippen LogP contribution in [0.15, 0.2) is 23.1 Å². The molecule has 0 aliphatic rings. The second-order valence-electron chi connectivity index (χ2n) is 5.70. The van der Waals surface area contributed by atoms with E-state index in [1.54, 1.807) is 6.07 Å². The van der Waals surface area contributed by atoms with Crippen LogP contribution in [0.3, 0.4) is 0 Å². The van der Waals surface area contributed by atoms with Crippen LogP contribution in [0.5, 0.6) is 11.5 Å². The van der Waals surface area contributed by atoms with Crippen molar-refractivity contribution < 1.29 is 32.2 Å². The summed E-state index contributed by atoms with van der Waals surface area (Å²) in [5, 5.41) is 2.58. The summed E-state index contributed by atoms with van der Waals surface area (Å²) in [5.41, 5.74) is 0. The van der Waals surface area contributed by atoms with E-state index in [4.69, 9.17) is 14.2 Å². The fourth-order valence-corrected chi connectivity index (χ4v) is 2.94. The summed E-state index contributed by atoms with van der Waals surface area (Å²) >= 11 is 0. The third-order valence-electron chi connectivity index (χ3n) is 3.14. The average molecular weight is 388 g/mol. The largest absolute Gasteiger partial charge is 0.497 e. The SMILES string of the molecule is COc1ccc(OC)c(S(=O)(=O)NCC(=O)OCC(=O)NCC(C)C)c1. The van der Waals surface area contributed by atoms with Gasteiger partial charge in [0.15, 0.2) is 6.61 Å². The lowest BCUT2D eigenvalue weighted by Crippen LogP contribution is -2.35. The van der Waals surface area contributed by atoms with Crippen LogP contribution in [0.1, 0.15) is 13.8 Å². The highest BCUT2D eigenvalue weighted by Crippen LogP contribution is 2.27. The normalized spacial score (nSPS) is 11.1. The van der Waals surface area contributed by atoms with Crippen LogP contribution >= 0.6 is 0 Å². The zero-order valence-electron chi connectivity index (χ0n) is 15.2. The van der Waals surface area contributed by atoms with Gasteiger partial charge < -0.3 is 19.5 Å². The number of hydrogen-bond donors (Lipinski definition) is 2. The number of nitrogens with one attached hydrogen (secondary N) is 2. The van der Waals surface area contributed by atoms with Crippen LogP contribution in [0, 0.1) is 5.92 Å². The van der Waals surface area contributed by atoms with Gasteiger partial charge in [-0.1, -0.05) is 13.8 Å². The van der Waals surface area contributed by atoms with Crippen LogP contribution in [0.4, 0.5) is 0 Å². The fourth-order valence-electron chi connectivity index (χ4n) is 1.79. The molecule has 26 heavy (non-hydrogen) atoms. The topological polar surface area (TPSA) is 120 Å². The number of rotatable bonds is 10. The van der Waals surface area contributed by atoms with Gasteiger partial charge in [0.25, 0.3) is 5.91 Å². The lowest BCUT2D eigenvalue weighted by atomic mass is 10.2. The first-order valence-electron chi connectivity index (χ1n) is 7.83. The smallest absolute Gasteiger partial charge is 0.321 e. The van der Waals surface area contributed by atoms with E-state index in [-0.39, 0.29) is 16.6 Å². The van der Waals surface area contributed by atoms with Crippen molar-refractivity contribution in [2.24, 2.45) is 5.92 Å². The van der Waals surface area contributed by atoms with Gasteiger partial charge in [-0.15, -0.1) is 0 Å². The first-order valence-corrected chi connectivity index (χ1v) is 9.32. The molecule has 0 bridgehead atoms. The highest BCUT2D eigenvalue weighted by molar-refractivity contribution is 7.89. The number of benzene rings is 1. The van der Waals surface area contributed by atoms with Crippen LogP contribution in [-0.4, -0.2) is 54.2 Å². The number of carbonyl (C=O) groups is 2. The van der Waals surface area contributed by atoms with Gasteiger partial charge >= 0.3 is 5.97 Å². The highest BCUT2D eigenvalue weighted by Gasteiger charge is 2.22. The van der Waals surface area contributed by atoms with Crippen molar-refractivity contribution in [3.63, 3.8) is 0 Å². The van der Waals surface area contributed by atoms with Crippen LogP contribution < -0.4 is 19.5 Å². The summed E-state index contributed by atoms with van der Waals surface area (Å²) in [6, 6.07) is 4.25. The highest BCUT2D eigenvalue weighted by atomic mass is 32.2. The molecular weight excluding hydrogens is 364 g/mol. The number of esters is 1. The zero-order chi connectivity index (χ0) is 19.7. The number of amides is 1. The van der Waals surface area contributed by atoms with Gasteiger partial charge in [0.1, 0.15) is 22.9 Å². The summed E-state index contributed by atoms with van der Waals surface area (Å²) in [5.74, 6) is -0.658. The molecule has 1 rings (SSSR count). The maximum atomic E-state index is 12.4. The predicted molar refractivity (Wildman–Crippen MR) is 93.5 cm³/mol. The summed E-state index contributed by atoms with van der Waals surface area (Å²) in [4.78, 5) is 22.9. The Labute approximate surface area is 153 Å². The Morgan fingerprint density at radius 3 is 2.42 bits per heavy atom. The van der Waals surface area contributed by atoms with E-state index < -0.39 is 35.1 Å². The Kier molecular flexibility index (Phi) is 8.33. The number of carbonyl (C=O) groups excluding carboxylic acids is 2. The maximum absolute atomic E-state index is 12.4. The van der Waals surface area contributed by atoms with Gasteiger partial charge in [-0.25, -0.2) is 8.42 Å². The van der Waals surface area contributed by atoms with E-state index in [1.165, 1.54) is 26.4 Å². The van der Waals surface area contributed by atoms with E-state index in [0.717, 1.165) is 0 Å². The monoisotopic (exact) mass is 388 g/mol. The van der Waals surface area contributed by atoms with Crippen molar-refractivity contribution in [1.82, 2.24) is 10.0 Å². The molecule has 9 nitrogen and oxygen atoms in total. The van der Waals surface area contributed by atoms with Crippen LogP contribution in [0.25, 0.3) is 0 Å². The molecule has 0 aromatic heterocycles. The molecular formula is C16H24N2O7S. The Morgan fingerprint density at radius 2 is 1.85 bits per heavy atom. The van der Waals surface area contributed by atoms with Crippen molar-refractivity contribution in [2.45, 2.75) is 18.7 Å². The Balaban J connectivity index is 2.63. The molecule has 0 aliphatic heterocycles. The standard InChI is InChI=1S/C16H24N2O7S/c1-11(2)8-17-15(19)10-25-16(20)9-18-26(21,22)14-7-12(23-3)5-6-13(14)24-4/h5-7,11,18H,8-10H2,1-4H3,(H,17,19). The molecule has 1 amide bonds. The Hall–Kier alpha value is -2.33. The van der Waals surface area contributed by atoms with Gasteiger partial charge in [-0.3, -0.25) is 9.59 Å². The van der Waals surface area contributed by atoms with Crippen LogP contribution in [0.2, 0.25) is 0 Å². The summed E-state index contributed by atoms with van der Waals surface area (Å²) < 4.78 is 41.6. The summed E-state index contributed by atoms with van der Waals surface area (Å²) in [6.07, 6.45) is 0. The molecule has 1 aromatic rings. The van der Waals surface area contributed by atoms with Gasteiger partial charge in [0.2, 0.25) is 10.0 Å². The van der Waals surface area contributed by atoms with Crippen molar-refractivity contribution >= 4 is 21.9 Å². The quantitative estimate of drug-likeness (QED) is 0.553. The van der Waals surface area contributed by atoms with E-state index >= 15 is 0 Å². The molecule has 0 fully saturated rings. The molecule has 0 saturated heterocycles. The molecule has 0 radical (unpaired) electrons. The van der Waals surface area contributed by atoms with Crippen molar-refractivity contribution in [3.05, 3.63) is 18.2 Å². The summed E-state index contributed by atoms with van der Waals surface area (Å²) in [6.45, 7) is 3.20. The molecule has 1 aromatic carbocycles. The molecule has 0 saturated carbocycles. The second-order valence-corrected chi connectivity index (χ2v) is 7.44. The third-order valence-corrected chi connectivity index (χ3v) is 4.56. The van der Waals surface area contributed by atoms with E-state index in [0.29, 0.717) is 12.3 Å². The fraction of sp³-hybridized carbons (Fsp3) is 0.500.